The highest BCUT2D eigenvalue weighted by atomic mass is 14.6. The van der Waals surface area contributed by atoms with Gasteiger partial charge in [0.25, 0.3) is 0 Å². The summed E-state index contributed by atoms with van der Waals surface area (Å²) in [5.41, 5.74) is 5.83. The Labute approximate surface area is 74.3 Å². The molecule has 1 heteroatoms. The third kappa shape index (κ3) is 2.94. The highest BCUT2D eigenvalue weighted by molar-refractivity contribution is 5.27. The van der Waals surface area contributed by atoms with Crippen LogP contribution in [0.25, 0.3) is 0 Å². The van der Waals surface area contributed by atoms with Crippen LogP contribution in [0.2, 0.25) is 0 Å². The topological polar surface area (TPSA) is 26.0 Å². The Morgan fingerprint density at radius 1 is 1.50 bits per heavy atom. The Morgan fingerprint density at radius 2 is 2.33 bits per heavy atom. The molecule has 0 aromatic carbocycles. The van der Waals surface area contributed by atoms with E-state index in [4.69, 9.17) is 5.73 Å². The summed E-state index contributed by atoms with van der Waals surface area (Å²) >= 11 is 0. The third-order valence-corrected chi connectivity index (χ3v) is 1.98. The Morgan fingerprint density at radius 3 is 3.08 bits per heavy atom. The van der Waals surface area contributed by atoms with Gasteiger partial charge in [0.2, 0.25) is 0 Å². The van der Waals surface area contributed by atoms with E-state index in [1.165, 1.54) is 0 Å². The van der Waals surface area contributed by atoms with Gasteiger partial charge in [0.1, 0.15) is 0 Å². The molecule has 0 spiro atoms. The van der Waals surface area contributed by atoms with Gasteiger partial charge in [0, 0.05) is 12.0 Å². The molecular formula is C11H15N. The molecule has 1 nitrogen and oxygen atoms in total. The lowest BCUT2D eigenvalue weighted by molar-refractivity contribution is 0.556. The highest BCUT2D eigenvalue weighted by Crippen LogP contribution is 2.09. The van der Waals surface area contributed by atoms with E-state index < -0.39 is 0 Å². The summed E-state index contributed by atoms with van der Waals surface area (Å²) in [6.45, 7) is 2.11. The molecule has 0 aliphatic heterocycles. The maximum absolute atomic E-state index is 5.83. The van der Waals surface area contributed by atoms with Crippen LogP contribution < -0.4 is 5.73 Å². The number of hydrogen-bond acceptors (Lipinski definition) is 1. The van der Waals surface area contributed by atoms with Crippen LogP contribution in [0.5, 0.6) is 0 Å². The molecule has 0 aromatic rings. The van der Waals surface area contributed by atoms with E-state index in [0.29, 0.717) is 5.92 Å². The van der Waals surface area contributed by atoms with Gasteiger partial charge in [-0.25, -0.2) is 0 Å². The molecule has 2 N–H and O–H groups in total. The maximum Gasteiger partial charge on any atom is 0.0403 e. The summed E-state index contributed by atoms with van der Waals surface area (Å²) in [7, 11) is 0. The van der Waals surface area contributed by atoms with Crippen LogP contribution in [0.4, 0.5) is 0 Å². The zero-order valence-electron chi connectivity index (χ0n) is 7.46. The minimum absolute atomic E-state index is 0.284. The first-order chi connectivity index (χ1) is 5.83. The monoisotopic (exact) mass is 161 g/mol. The number of allylic oxidation sites excluding steroid dienone is 4. The van der Waals surface area contributed by atoms with Crippen LogP contribution in [-0.4, -0.2) is 6.04 Å². The van der Waals surface area contributed by atoms with Crippen LogP contribution in [0.3, 0.4) is 0 Å². The van der Waals surface area contributed by atoms with Gasteiger partial charge >= 0.3 is 0 Å². The number of nitrogens with two attached hydrogens (primary N) is 1. The first-order valence-electron chi connectivity index (χ1n) is 4.43. The van der Waals surface area contributed by atoms with Gasteiger partial charge in [0.15, 0.2) is 0 Å². The number of rotatable bonds is 3. The molecule has 2 atom stereocenters. The Bertz CT molecular complexity index is 239. The summed E-state index contributed by atoms with van der Waals surface area (Å²) in [5.74, 6) is 6.46. The van der Waals surface area contributed by atoms with E-state index in [1.54, 1.807) is 0 Å². The fourth-order valence-corrected chi connectivity index (χ4v) is 1.14. The van der Waals surface area contributed by atoms with E-state index in [-0.39, 0.29) is 6.04 Å². The molecule has 1 rings (SSSR count). The molecule has 0 aromatic heterocycles. The van der Waals surface area contributed by atoms with Gasteiger partial charge < -0.3 is 5.73 Å². The Balaban J connectivity index is 2.46. The van der Waals surface area contributed by atoms with E-state index >= 15 is 0 Å². The molecule has 0 saturated heterocycles. The highest BCUT2D eigenvalue weighted by Gasteiger charge is 2.06. The van der Waals surface area contributed by atoms with Gasteiger partial charge in [-0.15, -0.1) is 0 Å². The third-order valence-electron chi connectivity index (χ3n) is 1.98. The molecule has 0 amide bonds. The molecule has 0 saturated carbocycles. The summed E-state index contributed by atoms with van der Waals surface area (Å²) in [5, 5.41) is 0. The van der Waals surface area contributed by atoms with Crippen molar-refractivity contribution in [2.24, 2.45) is 11.7 Å². The fraction of sp³-hybridized carbons (Fsp3) is 0.455. The smallest absolute Gasteiger partial charge is 0.0403 e. The lowest BCUT2D eigenvalue weighted by atomic mass is 9.99. The van der Waals surface area contributed by atoms with Gasteiger partial charge in [-0.05, 0) is 18.9 Å². The van der Waals surface area contributed by atoms with Crippen molar-refractivity contribution < 1.29 is 0 Å². The quantitative estimate of drug-likeness (QED) is 0.628. The molecule has 0 heterocycles. The van der Waals surface area contributed by atoms with Crippen LogP contribution in [0, 0.1) is 17.8 Å². The summed E-state index contributed by atoms with van der Waals surface area (Å²) < 4.78 is 0. The van der Waals surface area contributed by atoms with Crippen molar-refractivity contribution in [3.8, 4) is 11.8 Å². The van der Waals surface area contributed by atoms with Crippen molar-refractivity contribution in [3.63, 3.8) is 0 Å². The molecule has 0 bridgehead atoms. The van der Waals surface area contributed by atoms with Crippen LogP contribution in [0.1, 0.15) is 19.8 Å². The molecule has 0 radical (unpaired) electrons. The predicted molar refractivity (Wildman–Crippen MR) is 52.4 cm³/mol. The standard InChI is InChI=1S/C11H15N/c1-2-11(12)9-10-7-5-3-4-6-8-10/h3-5,7,10-11H,2,9,12H2,1H3. The van der Waals surface area contributed by atoms with Crippen molar-refractivity contribution in [2.75, 3.05) is 0 Å². The SMILES string of the molecule is CCC(N)CC1C#CC=CC=C1. The van der Waals surface area contributed by atoms with E-state index in [1.807, 2.05) is 18.2 Å². The summed E-state index contributed by atoms with van der Waals surface area (Å²) in [6.07, 6.45) is 9.98. The minimum atomic E-state index is 0.284. The zero-order chi connectivity index (χ0) is 8.81. The second-order valence-electron chi connectivity index (χ2n) is 3.04. The second kappa shape index (κ2) is 4.79. The van der Waals surface area contributed by atoms with E-state index in [2.05, 4.69) is 24.8 Å². The molecule has 64 valence electrons. The van der Waals surface area contributed by atoms with Crippen LogP contribution >= 0.6 is 0 Å². The lowest BCUT2D eigenvalue weighted by Gasteiger charge is -2.10. The summed E-state index contributed by atoms with van der Waals surface area (Å²) in [6, 6.07) is 0.284. The number of hydrogen-bond donors (Lipinski definition) is 1. The van der Waals surface area contributed by atoms with Crippen molar-refractivity contribution in [3.05, 3.63) is 24.3 Å². The fourth-order valence-electron chi connectivity index (χ4n) is 1.14. The molecule has 12 heavy (non-hydrogen) atoms. The van der Waals surface area contributed by atoms with Crippen LogP contribution in [0.15, 0.2) is 24.3 Å². The zero-order valence-corrected chi connectivity index (χ0v) is 7.46. The van der Waals surface area contributed by atoms with Gasteiger partial charge in [-0.2, -0.15) is 0 Å². The van der Waals surface area contributed by atoms with Crippen molar-refractivity contribution in [1.29, 1.82) is 0 Å². The van der Waals surface area contributed by atoms with Gasteiger partial charge in [-0.1, -0.05) is 37.0 Å². The molecule has 2 unspecified atom stereocenters. The normalized spacial score (nSPS) is 22.7. The summed E-state index contributed by atoms with van der Waals surface area (Å²) in [4.78, 5) is 0. The molecular weight excluding hydrogens is 146 g/mol. The Hall–Kier alpha value is -1.00. The van der Waals surface area contributed by atoms with E-state index in [9.17, 15) is 0 Å². The Kier molecular flexibility index (Phi) is 3.63. The molecule has 1 aliphatic carbocycles. The average molecular weight is 161 g/mol. The predicted octanol–water partition coefficient (Wildman–Crippen LogP) is 1.86. The maximum atomic E-state index is 5.83. The van der Waals surface area contributed by atoms with Crippen LogP contribution in [-0.2, 0) is 0 Å². The second-order valence-corrected chi connectivity index (χ2v) is 3.04. The first-order valence-corrected chi connectivity index (χ1v) is 4.43. The van der Waals surface area contributed by atoms with E-state index in [0.717, 1.165) is 12.8 Å². The van der Waals surface area contributed by atoms with Crippen molar-refractivity contribution in [1.82, 2.24) is 0 Å². The minimum Gasteiger partial charge on any atom is -0.328 e. The first kappa shape index (κ1) is 9.09. The molecule has 1 aliphatic rings. The average Bonchev–Trinajstić information content (AvgIpc) is 2.33. The lowest BCUT2D eigenvalue weighted by Crippen LogP contribution is -2.21. The van der Waals surface area contributed by atoms with Crippen molar-refractivity contribution in [2.45, 2.75) is 25.8 Å². The van der Waals surface area contributed by atoms with Crippen molar-refractivity contribution >= 4 is 0 Å². The largest absolute Gasteiger partial charge is 0.328 e. The van der Waals surface area contributed by atoms with Gasteiger partial charge in [0.05, 0.1) is 0 Å². The molecule has 0 fully saturated rings. The van der Waals surface area contributed by atoms with Gasteiger partial charge in [-0.3, -0.25) is 0 Å².